The van der Waals surface area contributed by atoms with Crippen molar-refractivity contribution in [3.05, 3.63) is 112 Å². The largest absolute Gasteiger partial charge is 0.491 e. The van der Waals surface area contributed by atoms with Crippen molar-refractivity contribution >= 4 is 61.3 Å². The number of fused-ring (bicyclic) bond motifs is 6. The van der Waals surface area contributed by atoms with Crippen LogP contribution in [0.5, 0.6) is 5.75 Å². The number of ether oxygens (including phenoxy) is 4. The topological polar surface area (TPSA) is 305 Å². The average Bonchev–Trinajstić information content (AvgIpc) is 4.52. The summed E-state index contributed by atoms with van der Waals surface area (Å²) in [6.07, 6.45) is 3.05. The molecule has 4 N–H and O–H groups in total. The van der Waals surface area contributed by atoms with Crippen molar-refractivity contribution in [2.45, 2.75) is 38.0 Å². The van der Waals surface area contributed by atoms with E-state index in [1.54, 1.807) is 66.0 Å². The van der Waals surface area contributed by atoms with Gasteiger partial charge in [-0.05, 0) is 67.6 Å². The maximum atomic E-state index is 13.7. The van der Waals surface area contributed by atoms with Gasteiger partial charge in [-0.25, -0.2) is 19.6 Å². The van der Waals surface area contributed by atoms with Crippen LogP contribution in [-0.4, -0.2) is 158 Å². The zero-order chi connectivity index (χ0) is 54.5. The highest BCUT2D eigenvalue weighted by atomic mass is 32.2. The number of hydrogen-bond donors (Lipinski definition) is 2. The van der Waals surface area contributed by atoms with Crippen molar-refractivity contribution < 1.29 is 40.4 Å². The Balaban J connectivity index is 0.000000179. The van der Waals surface area contributed by atoms with E-state index in [1.165, 1.54) is 43.7 Å². The third-order valence-electron chi connectivity index (χ3n) is 13.1. The molecule has 1 aliphatic rings. The van der Waals surface area contributed by atoms with E-state index in [2.05, 4.69) is 52.1 Å². The van der Waals surface area contributed by atoms with Crippen molar-refractivity contribution in [2.24, 2.45) is 0 Å². The molecule has 1 saturated heterocycles. The van der Waals surface area contributed by atoms with E-state index in [9.17, 15) is 18.0 Å². The first-order valence-electron chi connectivity index (χ1n) is 24.9. The second kappa shape index (κ2) is 23.1. The molecular weight excluding hydrogens is 1030 g/mol. The van der Waals surface area contributed by atoms with Gasteiger partial charge in [0.25, 0.3) is 10.1 Å². The number of furan rings is 2. The third-order valence-corrected chi connectivity index (χ3v) is 14.4. The number of anilines is 3. The van der Waals surface area contributed by atoms with E-state index in [0.29, 0.717) is 84.8 Å². The summed E-state index contributed by atoms with van der Waals surface area (Å²) in [5.41, 5.74) is 16.3. The molecule has 0 bridgehead atoms. The van der Waals surface area contributed by atoms with Gasteiger partial charge in [0, 0.05) is 66.3 Å². The lowest BCUT2D eigenvalue weighted by Crippen LogP contribution is -2.47. The molecule has 0 amide bonds. The molecule has 0 radical (unpaired) electrons. The van der Waals surface area contributed by atoms with Gasteiger partial charge in [0.05, 0.1) is 63.5 Å². The first kappa shape index (κ1) is 53.0. The smallest absolute Gasteiger partial charge is 0.330 e. The lowest BCUT2D eigenvalue weighted by molar-refractivity contribution is 0.146. The summed E-state index contributed by atoms with van der Waals surface area (Å²) in [6, 6.07) is 21.4. The van der Waals surface area contributed by atoms with Crippen LogP contribution in [0.3, 0.4) is 0 Å². The predicted octanol–water partition coefficient (Wildman–Crippen LogP) is 3.02. The first-order chi connectivity index (χ1) is 37.9. The highest BCUT2D eigenvalue weighted by Gasteiger charge is 2.26. The number of hydrogen-bond acceptors (Lipinski definition) is 21. The Labute approximate surface area is 444 Å². The van der Waals surface area contributed by atoms with Crippen LogP contribution >= 0.6 is 0 Å². The van der Waals surface area contributed by atoms with Crippen molar-refractivity contribution in [3.63, 3.8) is 0 Å². The van der Waals surface area contributed by atoms with Gasteiger partial charge >= 0.3 is 11.4 Å². The van der Waals surface area contributed by atoms with Gasteiger partial charge in [0.15, 0.2) is 34.1 Å². The minimum atomic E-state index is -4.01. The summed E-state index contributed by atoms with van der Waals surface area (Å²) in [5.74, 6) is 2.53. The fourth-order valence-electron chi connectivity index (χ4n) is 9.07. The van der Waals surface area contributed by atoms with Crippen molar-refractivity contribution in [1.29, 1.82) is 0 Å². The molecule has 0 atom stereocenters. The number of rotatable bonds is 21. The van der Waals surface area contributed by atoms with Crippen LogP contribution in [0.4, 0.5) is 17.6 Å². The van der Waals surface area contributed by atoms with Gasteiger partial charge in [0.1, 0.15) is 23.4 Å². The molecule has 1 aliphatic heterocycles. The molecule has 1 fully saturated rings. The minimum absolute atomic E-state index is 0.00589. The van der Waals surface area contributed by atoms with E-state index < -0.39 is 15.8 Å². The number of aromatic nitrogens is 12. The monoisotopic (exact) mass is 1090 g/mol. The molecule has 10 aromatic rings. The van der Waals surface area contributed by atoms with E-state index >= 15 is 0 Å². The Morgan fingerprint density at radius 2 is 1.08 bits per heavy atom. The Morgan fingerprint density at radius 3 is 1.58 bits per heavy atom. The van der Waals surface area contributed by atoms with Gasteiger partial charge in [-0.1, -0.05) is 17.7 Å². The Morgan fingerprint density at radius 1 is 0.564 bits per heavy atom. The SMILES string of the molecule is COCCOc1ccc(N2CCN(CCn3c(=O)n(CCOC)c4c3nc(N)n3nc(-c5ccco5)nc43)CC2)cc1.COCCn1c(=O)n(CCOS(=O)(=O)c2ccc(C)cc2)c2nc(N)n3nc(-c4ccco4)nc3c21. The maximum Gasteiger partial charge on any atom is 0.330 e. The maximum absolute atomic E-state index is 13.7. The Kier molecular flexibility index (Phi) is 15.7. The molecule has 28 heteroatoms. The molecule has 11 rings (SSSR count). The van der Waals surface area contributed by atoms with Crippen molar-refractivity contribution in [1.82, 2.24) is 62.3 Å². The quantitative estimate of drug-likeness (QED) is 0.0772. The second-order valence-corrected chi connectivity index (χ2v) is 19.6. The first-order valence-corrected chi connectivity index (χ1v) is 26.3. The van der Waals surface area contributed by atoms with Crippen LogP contribution in [0.25, 0.3) is 56.8 Å². The number of imidazole rings is 2. The predicted molar refractivity (Wildman–Crippen MR) is 286 cm³/mol. The van der Waals surface area contributed by atoms with Crippen molar-refractivity contribution in [2.75, 3.05) is 103 Å². The van der Waals surface area contributed by atoms with Crippen LogP contribution in [0, 0.1) is 6.92 Å². The molecule has 0 aliphatic carbocycles. The van der Waals surface area contributed by atoms with Crippen LogP contribution in [0.1, 0.15) is 5.56 Å². The fraction of sp³-hybridized carbons (Fsp3) is 0.360. The molecule has 9 heterocycles. The van der Waals surface area contributed by atoms with E-state index in [-0.39, 0.29) is 60.3 Å². The lowest BCUT2D eigenvalue weighted by Gasteiger charge is -2.36. The van der Waals surface area contributed by atoms with Gasteiger partial charge in [0.2, 0.25) is 23.5 Å². The number of nitrogens with two attached hydrogens (primary N) is 2. The van der Waals surface area contributed by atoms with Crippen LogP contribution in [-0.2, 0) is 54.7 Å². The number of aryl methyl sites for hydroxylation is 1. The van der Waals surface area contributed by atoms with Gasteiger partial charge in [-0.2, -0.15) is 27.4 Å². The number of nitrogen functional groups attached to an aromatic ring is 2. The van der Waals surface area contributed by atoms with Gasteiger partial charge in [-0.15, -0.1) is 10.2 Å². The molecule has 0 spiro atoms. The summed E-state index contributed by atoms with van der Waals surface area (Å²) in [7, 11) is 0.774. The summed E-state index contributed by atoms with van der Waals surface area (Å²) in [4.78, 5) is 50.0. The Bertz CT molecular complexity index is 3890. The highest BCUT2D eigenvalue weighted by Crippen LogP contribution is 2.27. The minimum Gasteiger partial charge on any atom is -0.491 e. The van der Waals surface area contributed by atoms with Crippen LogP contribution in [0.2, 0.25) is 0 Å². The molecule has 27 nitrogen and oxygen atoms in total. The number of methoxy groups -OCH3 is 3. The third kappa shape index (κ3) is 10.8. The molecule has 0 unspecified atom stereocenters. The molecule has 2 aromatic carbocycles. The normalized spacial score (nSPS) is 13.4. The molecule has 0 saturated carbocycles. The van der Waals surface area contributed by atoms with Crippen molar-refractivity contribution in [3.8, 4) is 28.9 Å². The summed E-state index contributed by atoms with van der Waals surface area (Å²) in [6.45, 7) is 8.37. The lowest BCUT2D eigenvalue weighted by atomic mass is 10.2. The zero-order valence-corrected chi connectivity index (χ0v) is 44.1. The number of benzene rings is 2. The van der Waals surface area contributed by atoms with E-state index in [1.807, 2.05) is 19.1 Å². The van der Waals surface area contributed by atoms with E-state index in [0.717, 1.165) is 43.2 Å². The second-order valence-electron chi connectivity index (χ2n) is 18.0. The molecule has 78 heavy (non-hydrogen) atoms. The van der Waals surface area contributed by atoms with E-state index in [4.69, 9.17) is 43.4 Å². The molecule has 410 valence electrons. The standard InChI is InChI=1S/C28H35N9O5.C22H23N7O6S/c1-39-17-15-35-23-25(31-27(29)37-26(23)30-24(32-37)22-4-3-16-42-22)36(28(35)38)14-11-33-9-12-34(13-10-33)20-5-7-21(8-6-20)41-19-18-40-2;1-14-5-7-15(8-6-14)36(31,32)35-13-10-28-19-17(27(22(28)30)9-12-33-2)20-24-18(16-4-3-11-34-16)26-29(20)21(23)25-19/h3-8,16H,9-15,17-19H2,1-2H3,(H2,29,31);3-8,11H,9-10,12-13H2,1-2H3,(H2,23,25). The van der Waals surface area contributed by atoms with Gasteiger partial charge in [-0.3, -0.25) is 27.4 Å². The van der Waals surface area contributed by atoms with Crippen LogP contribution < -0.4 is 32.5 Å². The summed E-state index contributed by atoms with van der Waals surface area (Å²) >= 11 is 0. The average molecular weight is 1090 g/mol. The fourth-order valence-corrected chi connectivity index (χ4v) is 9.97. The zero-order valence-electron chi connectivity index (χ0n) is 43.3. The Hall–Kier alpha value is -8.41. The van der Waals surface area contributed by atoms with Crippen LogP contribution in [0.15, 0.2) is 109 Å². The molecule has 8 aromatic heterocycles. The van der Waals surface area contributed by atoms with Gasteiger partial charge < -0.3 is 44.1 Å². The summed E-state index contributed by atoms with van der Waals surface area (Å²) in [5, 5.41) is 8.85. The highest BCUT2D eigenvalue weighted by molar-refractivity contribution is 7.86. The summed E-state index contributed by atoms with van der Waals surface area (Å²) < 4.78 is 71.2. The number of nitrogens with zero attached hydrogens (tertiary/aromatic N) is 14. The number of piperazine rings is 1. The molecular formula is C50H58N16O11S.